The maximum Gasteiger partial charge on any atom is 0.109 e. The van der Waals surface area contributed by atoms with Crippen molar-refractivity contribution in [2.24, 2.45) is 0 Å². The first-order valence-electron chi connectivity index (χ1n) is 11.6. The zero-order valence-corrected chi connectivity index (χ0v) is 19.1. The molecule has 0 radical (unpaired) electrons. The summed E-state index contributed by atoms with van der Waals surface area (Å²) in [6.45, 7) is 6.43. The van der Waals surface area contributed by atoms with Gasteiger partial charge in [0, 0.05) is 23.5 Å². The molecule has 0 unspecified atom stereocenters. The summed E-state index contributed by atoms with van der Waals surface area (Å²) in [6.07, 6.45) is 4.78. The largest absolute Gasteiger partial charge is 0.342 e. The Bertz CT molecular complexity index is 1610. The molecule has 0 saturated carbocycles. The van der Waals surface area contributed by atoms with Crippen LogP contribution < -0.4 is 0 Å². The summed E-state index contributed by atoms with van der Waals surface area (Å²) in [5.74, 6) is 2.41. The molecular weight excluding hydrogens is 404 g/mol. The third-order valence-electron chi connectivity index (χ3n) is 6.56. The molecule has 4 heteroatoms. The first-order chi connectivity index (χ1) is 16.1. The number of aromatic amines is 2. The molecule has 0 aliphatic heterocycles. The lowest BCUT2D eigenvalue weighted by Crippen LogP contribution is -1.89. The van der Waals surface area contributed by atoms with Gasteiger partial charge in [0.05, 0.1) is 23.8 Å². The highest BCUT2D eigenvalue weighted by molar-refractivity contribution is 6.26. The second-order valence-corrected chi connectivity index (χ2v) is 9.00. The molecule has 2 aromatic heterocycles. The second kappa shape index (κ2) is 7.59. The molecule has 6 aromatic rings. The summed E-state index contributed by atoms with van der Waals surface area (Å²) in [4.78, 5) is 16.0. The summed E-state index contributed by atoms with van der Waals surface area (Å²) < 4.78 is 0. The molecule has 6 rings (SSSR count). The van der Waals surface area contributed by atoms with Gasteiger partial charge in [0.1, 0.15) is 11.6 Å². The van der Waals surface area contributed by atoms with Crippen molar-refractivity contribution < 1.29 is 0 Å². The van der Waals surface area contributed by atoms with Crippen LogP contribution in [0.3, 0.4) is 0 Å². The topological polar surface area (TPSA) is 57.4 Å². The highest BCUT2D eigenvalue weighted by Crippen LogP contribution is 2.38. The minimum absolute atomic E-state index is 0.376. The Balaban J connectivity index is 1.60. The van der Waals surface area contributed by atoms with E-state index in [1.165, 1.54) is 32.3 Å². The number of benzene rings is 4. The molecule has 4 aromatic carbocycles. The molecule has 0 atom stereocenters. The van der Waals surface area contributed by atoms with Gasteiger partial charge in [-0.05, 0) is 44.5 Å². The Labute approximate surface area is 192 Å². The van der Waals surface area contributed by atoms with Gasteiger partial charge >= 0.3 is 0 Å². The van der Waals surface area contributed by atoms with Crippen molar-refractivity contribution >= 4 is 32.3 Å². The maximum absolute atomic E-state index is 4.57. The average Bonchev–Trinajstić information content (AvgIpc) is 3.54. The first-order valence-corrected chi connectivity index (χ1v) is 11.6. The van der Waals surface area contributed by atoms with Gasteiger partial charge in [-0.15, -0.1) is 0 Å². The third-order valence-corrected chi connectivity index (χ3v) is 6.56. The van der Waals surface area contributed by atoms with E-state index in [0.717, 1.165) is 40.6 Å². The van der Waals surface area contributed by atoms with Gasteiger partial charge in [-0.2, -0.15) is 0 Å². The van der Waals surface area contributed by atoms with Crippen LogP contribution in [-0.2, 0) is 6.42 Å². The van der Waals surface area contributed by atoms with Crippen LogP contribution in [0.25, 0.3) is 54.8 Å². The third kappa shape index (κ3) is 3.21. The summed E-state index contributed by atoms with van der Waals surface area (Å²) in [5.41, 5.74) is 4.45. The fourth-order valence-corrected chi connectivity index (χ4v) is 4.76. The van der Waals surface area contributed by atoms with Gasteiger partial charge in [-0.25, -0.2) is 9.97 Å². The van der Waals surface area contributed by atoms with Gasteiger partial charge in [0.2, 0.25) is 0 Å². The van der Waals surface area contributed by atoms with Crippen molar-refractivity contribution in [3.8, 4) is 22.5 Å². The summed E-state index contributed by atoms with van der Waals surface area (Å²) in [6, 6.07) is 22.2. The highest BCUT2D eigenvalue weighted by atomic mass is 14.9. The van der Waals surface area contributed by atoms with Crippen LogP contribution in [0.1, 0.15) is 38.3 Å². The lowest BCUT2D eigenvalue weighted by atomic mass is 9.91. The van der Waals surface area contributed by atoms with Crippen LogP contribution in [0.4, 0.5) is 0 Å². The zero-order chi connectivity index (χ0) is 22.5. The molecule has 162 valence electrons. The van der Waals surface area contributed by atoms with E-state index in [1.807, 2.05) is 12.4 Å². The van der Waals surface area contributed by atoms with Gasteiger partial charge in [0.25, 0.3) is 0 Å². The molecule has 0 spiro atoms. The Morgan fingerprint density at radius 1 is 0.667 bits per heavy atom. The van der Waals surface area contributed by atoms with E-state index in [1.54, 1.807) is 0 Å². The molecule has 33 heavy (non-hydrogen) atoms. The molecule has 0 aliphatic rings. The van der Waals surface area contributed by atoms with Gasteiger partial charge in [-0.1, -0.05) is 69.3 Å². The highest BCUT2D eigenvalue weighted by Gasteiger charge is 2.13. The number of hydrogen-bond acceptors (Lipinski definition) is 2. The minimum Gasteiger partial charge on any atom is -0.342 e. The van der Waals surface area contributed by atoms with E-state index in [9.17, 15) is 0 Å². The van der Waals surface area contributed by atoms with Crippen molar-refractivity contribution in [2.75, 3.05) is 0 Å². The predicted molar refractivity (Wildman–Crippen MR) is 138 cm³/mol. The molecule has 4 nitrogen and oxygen atoms in total. The number of imidazole rings is 2. The van der Waals surface area contributed by atoms with E-state index in [2.05, 4.69) is 101 Å². The predicted octanol–water partition coefficient (Wildman–Crippen LogP) is 7.61. The lowest BCUT2D eigenvalue weighted by Gasteiger charge is -2.12. The molecule has 0 fully saturated rings. The number of nitrogens with one attached hydrogen (secondary N) is 2. The number of aromatic nitrogens is 4. The molecule has 0 aliphatic carbocycles. The smallest absolute Gasteiger partial charge is 0.109 e. The molecule has 2 N–H and O–H groups in total. The standard InChI is InChI=1S/C29H26N4/c1-4-28-30-15-26(32-28)18-9-11-22-23-12-10-19(27-16-31-29(33-27)17(2)3)14-25(23)21-8-6-5-7-20(21)24(22)13-18/h5-17H,4H2,1-3H3,(H,30,32)(H,31,33). The monoisotopic (exact) mass is 430 g/mol. The quantitative estimate of drug-likeness (QED) is 0.283. The molecular formula is C29H26N4. The Morgan fingerprint density at radius 2 is 1.21 bits per heavy atom. The van der Waals surface area contributed by atoms with Crippen molar-refractivity contribution in [3.05, 3.63) is 84.7 Å². The number of fused-ring (bicyclic) bond motifs is 6. The van der Waals surface area contributed by atoms with Gasteiger partial charge in [-0.3, -0.25) is 0 Å². The number of nitrogens with zero attached hydrogens (tertiary/aromatic N) is 2. The van der Waals surface area contributed by atoms with Crippen molar-refractivity contribution in [2.45, 2.75) is 33.1 Å². The van der Waals surface area contributed by atoms with E-state index in [4.69, 9.17) is 0 Å². The number of hydrogen-bond donors (Lipinski definition) is 2. The number of rotatable bonds is 4. The normalized spacial score (nSPS) is 11.9. The Morgan fingerprint density at radius 3 is 1.73 bits per heavy atom. The summed E-state index contributed by atoms with van der Waals surface area (Å²) in [7, 11) is 0. The van der Waals surface area contributed by atoms with Crippen LogP contribution in [-0.4, -0.2) is 19.9 Å². The van der Waals surface area contributed by atoms with Crippen molar-refractivity contribution in [3.63, 3.8) is 0 Å². The van der Waals surface area contributed by atoms with E-state index < -0.39 is 0 Å². The van der Waals surface area contributed by atoms with Crippen LogP contribution in [0.15, 0.2) is 73.1 Å². The Kier molecular flexibility index (Phi) is 4.54. The fraction of sp³-hybridized carbons (Fsp3) is 0.172. The van der Waals surface area contributed by atoms with E-state index in [-0.39, 0.29) is 0 Å². The van der Waals surface area contributed by atoms with Crippen LogP contribution in [0.2, 0.25) is 0 Å². The fourth-order valence-electron chi connectivity index (χ4n) is 4.76. The van der Waals surface area contributed by atoms with Gasteiger partial charge in [0.15, 0.2) is 0 Å². The summed E-state index contributed by atoms with van der Waals surface area (Å²) in [5, 5.41) is 7.59. The minimum atomic E-state index is 0.376. The zero-order valence-electron chi connectivity index (χ0n) is 19.1. The average molecular weight is 431 g/mol. The SMILES string of the molecule is CCc1ncc(-c2ccc3c4ccc(-c5cnc(C(C)C)[nH]5)cc4c4ccccc4c3c2)[nH]1. The molecule has 2 heterocycles. The van der Waals surface area contributed by atoms with Crippen molar-refractivity contribution in [1.82, 2.24) is 19.9 Å². The molecule has 0 amide bonds. The van der Waals surface area contributed by atoms with E-state index in [0.29, 0.717) is 5.92 Å². The molecule has 0 bridgehead atoms. The van der Waals surface area contributed by atoms with Crippen LogP contribution in [0, 0.1) is 0 Å². The van der Waals surface area contributed by atoms with Crippen LogP contribution >= 0.6 is 0 Å². The number of H-pyrrole nitrogens is 2. The lowest BCUT2D eigenvalue weighted by molar-refractivity contribution is 0.795. The molecule has 0 saturated heterocycles. The number of aryl methyl sites for hydroxylation is 1. The van der Waals surface area contributed by atoms with Crippen LogP contribution in [0.5, 0.6) is 0 Å². The Hall–Kier alpha value is -3.92. The summed E-state index contributed by atoms with van der Waals surface area (Å²) >= 11 is 0. The second-order valence-electron chi connectivity index (χ2n) is 9.00. The van der Waals surface area contributed by atoms with Crippen molar-refractivity contribution in [1.29, 1.82) is 0 Å². The van der Waals surface area contributed by atoms with Gasteiger partial charge < -0.3 is 9.97 Å². The van der Waals surface area contributed by atoms with E-state index >= 15 is 0 Å². The maximum atomic E-state index is 4.57. The first kappa shape index (κ1) is 19.7.